The molecule has 11 heteroatoms. The Bertz CT molecular complexity index is 1740. The van der Waals surface area contributed by atoms with Gasteiger partial charge in [-0.15, -0.1) is 0 Å². The summed E-state index contributed by atoms with van der Waals surface area (Å²) in [6.45, 7) is 6.47. The number of amides is 2. The Hall–Kier alpha value is -4.38. The first-order valence-corrected chi connectivity index (χ1v) is 19.1. The maximum Gasteiger partial charge on any atom is 0.312 e. The molecule has 5 aliphatic rings. The van der Waals surface area contributed by atoms with E-state index < -0.39 is 34.3 Å². The highest BCUT2D eigenvalue weighted by Gasteiger charge is 2.80. The van der Waals surface area contributed by atoms with Crippen molar-refractivity contribution < 1.29 is 29.0 Å². The largest absolute Gasteiger partial charge is 0.496 e. The Labute approximate surface area is 306 Å². The van der Waals surface area contributed by atoms with E-state index in [1.165, 1.54) is 0 Å². The predicted octanol–water partition coefficient (Wildman–Crippen LogP) is 6.06. The fourth-order valence-corrected chi connectivity index (χ4v) is 11.7. The molecule has 8 rings (SSSR count). The molecule has 6 unspecified atom stereocenters. The highest BCUT2D eigenvalue weighted by atomic mass is 16.5. The Morgan fingerprint density at radius 2 is 1.65 bits per heavy atom. The van der Waals surface area contributed by atoms with Crippen molar-refractivity contribution in [2.75, 3.05) is 38.8 Å². The van der Waals surface area contributed by atoms with Crippen molar-refractivity contribution in [3.63, 3.8) is 0 Å². The van der Waals surface area contributed by atoms with E-state index in [9.17, 15) is 14.7 Å². The van der Waals surface area contributed by atoms with Gasteiger partial charge in [-0.2, -0.15) is 5.10 Å². The highest BCUT2D eigenvalue weighted by molar-refractivity contribution is 6.07. The van der Waals surface area contributed by atoms with Gasteiger partial charge in [-0.05, 0) is 99.7 Å². The number of carbonyl (C=O) groups is 3. The van der Waals surface area contributed by atoms with Gasteiger partial charge in [-0.3, -0.25) is 24.4 Å². The third kappa shape index (κ3) is 5.41. The predicted molar refractivity (Wildman–Crippen MR) is 198 cm³/mol. The Morgan fingerprint density at radius 3 is 2.25 bits per heavy atom. The molecule has 5 saturated carbocycles. The van der Waals surface area contributed by atoms with Gasteiger partial charge in [0.15, 0.2) is 5.69 Å². The molecule has 6 atom stereocenters. The monoisotopic (exact) mass is 711 g/mol. The summed E-state index contributed by atoms with van der Waals surface area (Å²) in [5.41, 5.74) is -1.65. The van der Waals surface area contributed by atoms with Crippen LogP contribution in [0, 0.1) is 23.2 Å². The van der Waals surface area contributed by atoms with E-state index in [0.29, 0.717) is 55.8 Å². The molecule has 4 bridgehead atoms. The SMILES string of the molecule is CCN(CC)CCC(=O)NC1C2CC3CC1(c1c(OC)cccc1OC)CC(N(C(=O)c1cc[nH]n1)c1ccccc1)(C3)C2(C(=O)O)C1CCCC1. The van der Waals surface area contributed by atoms with E-state index in [1.54, 1.807) is 26.5 Å². The molecule has 5 aliphatic carbocycles. The summed E-state index contributed by atoms with van der Waals surface area (Å²) >= 11 is 0. The lowest BCUT2D eigenvalue weighted by atomic mass is 9.32. The number of anilines is 1. The number of aromatic nitrogens is 2. The van der Waals surface area contributed by atoms with E-state index in [4.69, 9.17) is 9.47 Å². The molecule has 2 aromatic carbocycles. The quantitative estimate of drug-likeness (QED) is 0.184. The van der Waals surface area contributed by atoms with Crippen molar-refractivity contribution >= 4 is 23.5 Å². The Balaban J connectivity index is 1.51. The molecule has 0 saturated heterocycles. The fraction of sp³-hybridized carbons (Fsp3) is 0.561. The number of H-pyrrole nitrogens is 1. The molecule has 0 spiro atoms. The second-order valence-electron chi connectivity index (χ2n) is 15.4. The van der Waals surface area contributed by atoms with Gasteiger partial charge in [-0.25, -0.2) is 0 Å². The number of rotatable bonds is 14. The zero-order chi connectivity index (χ0) is 36.7. The number of carbonyl (C=O) groups excluding carboxylic acids is 2. The van der Waals surface area contributed by atoms with Gasteiger partial charge in [0.2, 0.25) is 5.91 Å². The molecule has 5 fully saturated rings. The van der Waals surface area contributed by atoms with Crippen LogP contribution in [0.2, 0.25) is 0 Å². The zero-order valence-corrected chi connectivity index (χ0v) is 30.9. The van der Waals surface area contributed by atoms with Gasteiger partial charge >= 0.3 is 5.97 Å². The van der Waals surface area contributed by atoms with Crippen LogP contribution in [0.5, 0.6) is 11.5 Å². The summed E-state index contributed by atoms with van der Waals surface area (Å²) < 4.78 is 12.2. The van der Waals surface area contributed by atoms with E-state index in [2.05, 4.69) is 34.3 Å². The maximum absolute atomic E-state index is 15.1. The standard InChI is InChI=1S/C41H53N5O6/c1-5-45(6-2)22-20-34(47)43-36-30-23-27-24-39(36,35-32(51-3)17-12-18-33(35)52-4)26-40(25-27,41(30,38(49)50)28-13-10-11-14-28)46(29-15-8-7-9-16-29)37(48)31-19-21-42-44-31/h7-9,12,15-19,21,27-28,30,36H,5-6,10-11,13-14,20,22-26H2,1-4H3,(H,42,44)(H,43,47)(H,49,50). The molecular weight excluding hydrogens is 658 g/mol. The zero-order valence-electron chi connectivity index (χ0n) is 30.9. The Kier molecular flexibility index (Phi) is 9.84. The average molecular weight is 712 g/mol. The number of carboxylic acids is 1. The smallest absolute Gasteiger partial charge is 0.312 e. The van der Waals surface area contributed by atoms with Crippen LogP contribution in [0.1, 0.15) is 87.7 Å². The van der Waals surface area contributed by atoms with Crippen LogP contribution in [0.3, 0.4) is 0 Å². The lowest BCUT2D eigenvalue weighted by Gasteiger charge is -2.75. The molecule has 3 aromatic rings. The summed E-state index contributed by atoms with van der Waals surface area (Å²) in [6, 6.07) is 16.4. The number of ether oxygens (including phenoxy) is 2. The number of nitrogens with one attached hydrogen (secondary N) is 2. The summed E-state index contributed by atoms with van der Waals surface area (Å²) in [7, 11) is 3.29. The van der Waals surface area contributed by atoms with Crippen LogP contribution < -0.4 is 19.7 Å². The summed E-state index contributed by atoms with van der Waals surface area (Å²) in [5.74, 6) is -0.645. The van der Waals surface area contributed by atoms with Crippen molar-refractivity contribution in [3.8, 4) is 11.5 Å². The van der Waals surface area contributed by atoms with Crippen LogP contribution in [0.4, 0.5) is 5.69 Å². The molecule has 1 aromatic heterocycles. The highest BCUT2D eigenvalue weighted by Crippen LogP contribution is 2.75. The summed E-state index contributed by atoms with van der Waals surface area (Å²) in [5, 5.41) is 22.7. The van der Waals surface area contributed by atoms with Crippen molar-refractivity contribution in [3.05, 3.63) is 72.1 Å². The van der Waals surface area contributed by atoms with Gasteiger partial charge < -0.3 is 24.8 Å². The van der Waals surface area contributed by atoms with Gasteiger partial charge in [0.05, 0.1) is 25.2 Å². The van der Waals surface area contributed by atoms with E-state index in [1.807, 2.05) is 53.4 Å². The van der Waals surface area contributed by atoms with Gasteiger partial charge in [-0.1, -0.05) is 51.0 Å². The number of aromatic amines is 1. The number of nitrogens with zero attached hydrogens (tertiary/aromatic N) is 3. The topological polar surface area (TPSA) is 137 Å². The van der Waals surface area contributed by atoms with Gasteiger partial charge in [0, 0.05) is 41.9 Å². The molecule has 1 heterocycles. The van der Waals surface area contributed by atoms with Gasteiger partial charge in [0.25, 0.3) is 5.91 Å². The van der Waals surface area contributed by atoms with Crippen LogP contribution in [-0.2, 0) is 15.0 Å². The van der Waals surface area contributed by atoms with E-state index in [-0.39, 0.29) is 29.3 Å². The van der Waals surface area contributed by atoms with Crippen molar-refractivity contribution in [2.24, 2.45) is 23.2 Å². The van der Waals surface area contributed by atoms with Crippen molar-refractivity contribution in [1.82, 2.24) is 20.4 Å². The minimum absolute atomic E-state index is 0.0734. The number of benzene rings is 2. The van der Waals surface area contributed by atoms with Crippen molar-refractivity contribution in [2.45, 2.75) is 88.6 Å². The van der Waals surface area contributed by atoms with E-state index in [0.717, 1.165) is 44.3 Å². The first-order valence-electron chi connectivity index (χ1n) is 19.1. The average Bonchev–Trinajstić information content (AvgIpc) is 3.90. The molecular formula is C41H53N5O6. The lowest BCUT2D eigenvalue weighted by Crippen LogP contribution is -2.84. The number of carboxylic acid groups (broad SMARTS) is 1. The van der Waals surface area contributed by atoms with Gasteiger partial charge in [0.1, 0.15) is 11.5 Å². The molecule has 2 amide bonds. The number of methoxy groups -OCH3 is 2. The molecule has 3 N–H and O–H groups in total. The second-order valence-corrected chi connectivity index (χ2v) is 15.4. The molecule has 11 nitrogen and oxygen atoms in total. The minimum Gasteiger partial charge on any atom is -0.496 e. The molecule has 0 radical (unpaired) electrons. The van der Waals surface area contributed by atoms with Crippen LogP contribution in [0.15, 0.2) is 60.8 Å². The Morgan fingerprint density at radius 1 is 0.962 bits per heavy atom. The first-order chi connectivity index (χ1) is 25.2. The number of hydrogen-bond donors (Lipinski definition) is 3. The van der Waals surface area contributed by atoms with Crippen LogP contribution >= 0.6 is 0 Å². The third-order valence-corrected chi connectivity index (χ3v) is 13.3. The van der Waals surface area contributed by atoms with Crippen molar-refractivity contribution in [1.29, 1.82) is 0 Å². The normalized spacial score (nSPS) is 29.3. The minimum atomic E-state index is -1.36. The van der Waals surface area contributed by atoms with Crippen LogP contribution in [0.25, 0.3) is 0 Å². The third-order valence-electron chi connectivity index (χ3n) is 13.3. The number of hydrogen-bond acceptors (Lipinski definition) is 7. The molecule has 52 heavy (non-hydrogen) atoms. The van der Waals surface area contributed by atoms with E-state index >= 15 is 4.79 Å². The maximum atomic E-state index is 15.1. The first kappa shape index (κ1) is 36.0. The second kappa shape index (κ2) is 14.2. The summed E-state index contributed by atoms with van der Waals surface area (Å²) in [4.78, 5) is 48.1. The lowest BCUT2D eigenvalue weighted by molar-refractivity contribution is -0.208. The number of para-hydroxylation sites is 1. The molecule has 0 aliphatic heterocycles. The fourth-order valence-electron chi connectivity index (χ4n) is 11.7. The molecule has 278 valence electrons. The summed E-state index contributed by atoms with van der Waals surface area (Å²) in [6.07, 6.45) is 7.46. The number of aliphatic carboxylic acids is 1. The van der Waals surface area contributed by atoms with Crippen LogP contribution in [-0.4, -0.2) is 83.4 Å².